The van der Waals surface area contributed by atoms with Gasteiger partial charge in [0.15, 0.2) is 0 Å². The number of hydrogen-bond acceptors (Lipinski definition) is 0. The van der Waals surface area contributed by atoms with Gasteiger partial charge in [0.25, 0.3) is 0 Å². The van der Waals surface area contributed by atoms with Crippen LogP contribution in [0, 0.1) is 17.3 Å². The molecule has 0 atom stereocenters. The molecule has 0 radical (unpaired) electrons. The van der Waals surface area contributed by atoms with Crippen molar-refractivity contribution in [1.82, 2.24) is 0 Å². The van der Waals surface area contributed by atoms with Crippen LogP contribution >= 0.6 is 0 Å². The Morgan fingerprint density at radius 1 is 0.538 bits per heavy atom. The molecule has 0 heteroatoms. The van der Waals surface area contributed by atoms with E-state index in [9.17, 15) is 0 Å². The standard InChI is InChI=1S/C5H12.2C4H10/c1-5(2,3)4;2*1-4(2)3/h1-4H3;2*4H,1-3H3. The van der Waals surface area contributed by atoms with Gasteiger partial charge in [0.05, 0.1) is 0 Å². The quantitative estimate of drug-likeness (QED) is 0.479. The molecule has 0 saturated heterocycles. The molecule has 0 aromatic rings. The molecule has 0 amide bonds. The van der Waals surface area contributed by atoms with Gasteiger partial charge < -0.3 is 0 Å². The minimum atomic E-state index is 0.500. The Morgan fingerprint density at radius 3 is 0.538 bits per heavy atom. The molecule has 0 bridgehead atoms. The predicted molar refractivity (Wildman–Crippen MR) is 66.2 cm³/mol. The third kappa shape index (κ3) is 0. The minimum Gasteiger partial charge on any atom is -0.0630 e. The van der Waals surface area contributed by atoms with Gasteiger partial charge in [-0.1, -0.05) is 69.2 Å². The molecule has 0 rings (SSSR count). The smallest absolute Gasteiger partial charge is 0.0411 e. The summed E-state index contributed by atoms with van der Waals surface area (Å²) in [5, 5.41) is 0. The fraction of sp³-hybridized carbons (Fsp3) is 1.00. The summed E-state index contributed by atoms with van der Waals surface area (Å²) in [6.45, 7) is 21.8. The van der Waals surface area contributed by atoms with Crippen LogP contribution in [0.2, 0.25) is 0 Å². The van der Waals surface area contributed by atoms with Crippen LogP contribution in [0.25, 0.3) is 0 Å². The van der Waals surface area contributed by atoms with Gasteiger partial charge in [0.1, 0.15) is 0 Å². The molecule has 0 fully saturated rings. The molecular formula is C13H32. The molecule has 0 N–H and O–H groups in total. The Labute approximate surface area is 87.1 Å². The largest absolute Gasteiger partial charge is 0.0630 e. The lowest BCUT2D eigenvalue weighted by molar-refractivity contribution is 0.469. The molecule has 84 valence electrons. The van der Waals surface area contributed by atoms with Gasteiger partial charge >= 0.3 is 0 Å². The summed E-state index contributed by atoms with van der Waals surface area (Å²) >= 11 is 0. The van der Waals surface area contributed by atoms with Crippen molar-refractivity contribution in [3.63, 3.8) is 0 Å². The molecule has 13 heavy (non-hydrogen) atoms. The van der Waals surface area contributed by atoms with Crippen molar-refractivity contribution in [1.29, 1.82) is 0 Å². The summed E-state index contributed by atoms with van der Waals surface area (Å²) in [6.07, 6.45) is 0. The molecule has 0 unspecified atom stereocenters. The lowest BCUT2D eigenvalue weighted by Gasteiger charge is -2.05. The molecule has 0 aliphatic rings. The summed E-state index contributed by atoms with van der Waals surface area (Å²) in [7, 11) is 0. The van der Waals surface area contributed by atoms with Gasteiger partial charge in [-0.2, -0.15) is 0 Å². The Bertz CT molecular complexity index is 55.0. The summed E-state index contributed by atoms with van der Waals surface area (Å²) in [5.74, 6) is 1.67. The maximum atomic E-state index is 2.19. The van der Waals surface area contributed by atoms with Crippen LogP contribution in [0.15, 0.2) is 0 Å². The van der Waals surface area contributed by atoms with E-state index in [0.29, 0.717) is 5.41 Å². The van der Waals surface area contributed by atoms with Crippen LogP contribution in [0.3, 0.4) is 0 Å². The van der Waals surface area contributed by atoms with Crippen molar-refractivity contribution in [2.75, 3.05) is 0 Å². The van der Waals surface area contributed by atoms with E-state index in [1.54, 1.807) is 0 Å². The molecule has 0 saturated carbocycles. The lowest BCUT2D eigenvalue weighted by Crippen LogP contribution is -1.93. The first-order valence-corrected chi connectivity index (χ1v) is 5.46. The van der Waals surface area contributed by atoms with E-state index >= 15 is 0 Å². The average molecular weight is 188 g/mol. The zero-order valence-corrected chi connectivity index (χ0v) is 11.7. The average Bonchev–Trinajstić information content (AvgIpc) is 1.50. The maximum absolute atomic E-state index is 2.19. The van der Waals surface area contributed by atoms with E-state index in [0.717, 1.165) is 11.8 Å². The van der Waals surface area contributed by atoms with Crippen LogP contribution in [0.4, 0.5) is 0 Å². The second-order valence-electron chi connectivity index (χ2n) is 6.46. The SMILES string of the molecule is CC(C)(C)C.CC(C)C.CC(C)C. The van der Waals surface area contributed by atoms with Crippen LogP contribution in [0.5, 0.6) is 0 Å². The molecule has 0 nitrogen and oxygen atoms in total. The maximum Gasteiger partial charge on any atom is -0.0411 e. The Kier molecular flexibility index (Phi) is 14.5. The van der Waals surface area contributed by atoms with Crippen molar-refractivity contribution in [2.24, 2.45) is 17.3 Å². The van der Waals surface area contributed by atoms with Gasteiger partial charge in [-0.3, -0.25) is 0 Å². The zero-order valence-electron chi connectivity index (χ0n) is 11.7. The lowest BCUT2D eigenvalue weighted by atomic mass is 10.0. The van der Waals surface area contributed by atoms with Crippen molar-refractivity contribution < 1.29 is 0 Å². The summed E-state index contributed by atoms with van der Waals surface area (Å²) in [6, 6.07) is 0. The van der Waals surface area contributed by atoms with Crippen LogP contribution < -0.4 is 0 Å². The van der Waals surface area contributed by atoms with E-state index in [-0.39, 0.29) is 0 Å². The van der Waals surface area contributed by atoms with Crippen molar-refractivity contribution >= 4 is 0 Å². The van der Waals surface area contributed by atoms with E-state index in [1.807, 2.05) is 0 Å². The van der Waals surface area contributed by atoms with E-state index in [4.69, 9.17) is 0 Å². The van der Waals surface area contributed by atoms with Gasteiger partial charge in [-0.25, -0.2) is 0 Å². The van der Waals surface area contributed by atoms with Gasteiger partial charge in [0.2, 0.25) is 0 Å². The summed E-state index contributed by atoms with van der Waals surface area (Å²) in [5.41, 5.74) is 0.500. The highest BCUT2D eigenvalue weighted by atomic mass is 14.0. The molecule has 0 aromatic carbocycles. The van der Waals surface area contributed by atoms with Gasteiger partial charge in [0, 0.05) is 0 Å². The molecule has 0 heterocycles. The molecule has 0 spiro atoms. The zero-order chi connectivity index (χ0) is 11.7. The summed E-state index contributed by atoms with van der Waals surface area (Å²) in [4.78, 5) is 0. The third-order valence-corrected chi connectivity index (χ3v) is 0. The first-order chi connectivity index (χ1) is 5.46. The van der Waals surface area contributed by atoms with Crippen LogP contribution in [-0.4, -0.2) is 0 Å². The molecule has 0 aliphatic heterocycles. The molecule has 0 aliphatic carbocycles. The number of hydrogen-bond donors (Lipinski definition) is 0. The van der Waals surface area contributed by atoms with Crippen LogP contribution in [-0.2, 0) is 0 Å². The fourth-order valence-electron chi connectivity index (χ4n) is 0. The van der Waals surface area contributed by atoms with Crippen molar-refractivity contribution in [3.8, 4) is 0 Å². The highest BCUT2D eigenvalue weighted by molar-refractivity contribution is 4.47. The minimum absolute atomic E-state index is 0.500. The molecule has 0 aromatic heterocycles. The Morgan fingerprint density at radius 2 is 0.538 bits per heavy atom. The van der Waals surface area contributed by atoms with Crippen LogP contribution in [0.1, 0.15) is 69.2 Å². The second kappa shape index (κ2) is 10.1. The third-order valence-electron chi connectivity index (χ3n) is 0. The van der Waals surface area contributed by atoms with E-state index in [2.05, 4.69) is 69.2 Å². The topological polar surface area (TPSA) is 0 Å². The first-order valence-electron chi connectivity index (χ1n) is 5.46. The van der Waals surface area contributed by atoms with Crippen molar-refractivity contribution in [3.05, 3.63) is 0 Å². The monoisotopic (exact) mass is 188 g/mol. The number of rotatable bonds is 0. The summed E-state index contributed by atoms with van der Waals surface area (Å²) < 4.78 is 0. The molecular weight excluding hydrogens is 156 g/mol. The highest BCUT2D eigenvalue weighted by Crippen LogP contribution is 2.08. The second-order valence-corrected chi connectivity index (χ2v) is 6.46. The Hall–Kier alpha value is 0. The predicted octanol–water partition coefficient (Wildman–Crippen LogP) is 5.38. The fourth-order valence-corrected chi connectivity index (χ4v) is 0. The van der Waals surface area contributed by atoms with Crippen molar-refractivity contribution in [2.45, 2.75) is 69.2 Å². The first kappa shape index (κ1) is 18.7. The van der Waals surface area contributed by atoms with E-state index in [1.165, 1.54) is 0 Å². The Balaban J connectivity index is -0.000000117. The highest BCUT2D eigenvalue weighted by Gasteiger charge is 1.95. The van der Waals surface area contributed by atoms with Gasteiger partial charge in [-0.15, -0.1) is 0 Å². The normalized spacial score (nSPS) is 10.2. The van der Waals surface area contributed by atoms with Gasteiger partial charge in [-0.05, 0) is 17.3 Å². The van der Waals surface area contributed by atoms with E-state index < -0.39 is 0 Å².